The van der Waals surface area contributed by atoms with Crippen molar-refractivity contribution in [2.45, 2.75) is 38.1 Å². The van der Waals surface area contributed by atoms with E-state index in [0.29, 0.717) is 23.7 Å². The third kappa shape index (κ3) is 1.98. The molecule has 74 valence electrons. The topological polar surface area (TPSA) is 20.3 Å². The highest BCUT2D eigenvalue weighted by Crippen LogP contribution is 2.33. The Morgan fingerprint density at radius 2 is 2.00 bits per heavy atom. The third-order valence-electron chi connectivity index (χ3n) is 3.05. The highest BCUT2D eigenvalue weighted by Gasteiger charge is 2.37. The van der Waals surface area contributed by atoms with Crippen LogP contribution in [0.1, 0.15) is 32.1 Å². The minimum atomic E-state index is 0.337. The first kappa shape index (κ1) is 9.32. The van der Waals surface area contributed by atoms with Gasteiger partial charge in [-0.25, -0.2) is 0 Å². The number of rotatable bonds is 4. The monoisotopic (exact) mass is 201 g/mol. The highest BCUT2D eigenvalue weighted by molar-refractivity contribution is 6.18. The fraction of sp³-hybridized carbons (Fsp3) is 0.900. The number of amides is 1. The Hall–Kier alpha value is -0.240. The van der Waals surface area contributed by atoms with Gasteiger partial charge in [0.15, 0.2) is 0 Å². The summed E-state index contributed by atoms with van der Waals surface area (Å²) in [6, 6.07) is 0.534. The van der Waals surface area contributed by atoms with Crippen molar-refractivity contribution in [2.75, 3.05) is 12.4 Å². The van der Waals surface area contributed by atoms with E-state index in [2.05, 4.69) is 0 Å². The van der Waals surface area contributed by atoms with E-state index in [-0.39, 0.29) is 0 Å². The number of halogens is 1. The van der Waals surface area contributed by atoms with Crippen LogP contribution in [-0.2, 0) is 4.79 Å². The summed E-state index contributed by atoms with van der Waals surface area (Å²) in [5.74, 6) is 1.29. The van der Waals surface area contributed by atoms with Gasteiger partial charge in [0.2, 0.25) is 5.91 Å². The van der Waals surface area contributed by atoms with E-state index in [9.17, 15) is 4.79 Å². The third-order valence-corrected chi connectivity index (χ3v) is 3.22. The van der Waals surface area contributed by atoms with Crippen molar-refractivity contribution in [3.05, 3.63) is 0 Å². The van der Waals surface area contributed by atoms with Crippen molar-refractivity contribution in [3.63, 3.8) is 0 Å². The lowest BCUT2D eigenvalue weighted by molar-refractivity contribution is -0.138. The Morgan fingerprint density at radius 3 is 2.38 bits per heavy atom. The van der Waals surface area contributed by atoms with Gasteiger partial charge in [-0.15, -0.1) is 11.6 Å². The fourth-order valence-electron chi connectivity index (χ4n) is 1.84. The molecular weight excluding hydrogens is 186 g/mol. The Balaban J connectivity index is 1.88. The summed E-state index contributed by atoms with van der Waals surface area (Å²) < 4.78 is 0. The standard InChI is InChI=1S/C10H16ClNO/c11-6-7-12(9-4-5-9)10(13)8-2-1-3-8/h8-9H,1-7H2. The van der Waals surface area contributed by atoms with Crippen molar-refractivity contribution in [2.24, 2.45) is 5.92 Å². The van der Waals surface area contributed by atoms with E-state index >= 15 is 0 Å². The van der Waals surface area contributed by atoms with Gasteiger partial charge < -0.3 is 4.90 Å². The lowest BCUT2D eigenvalue weighted by Crippen LogP contribution is -2.41. The van der Waals surface area contributed by atoms with E-state index < -0.39 is 0 Å². The van der Waals surface area contributed by atoms with Crippen LogP contribution in [0.2, 0.25) is 0 Å². The molecule has 0 heterocycles. The summed E-state index contributed by atoms with van der Waals surface area (Å²) in [7, 11) is 0. The smallest absolute Gasteiger partial charge is 0.225 e. The zero-order valence-corrected chi connectivity index (χ0v) is 8.59. The van der Waals surface area contributed by atoms with Gasteiger partial charge >= 0.3 is 0 Å². The molecule has 2 fully saturated rings. The van der Waals surface area contributed by atoms with Crippen molar-refractivity contribution >= 4 is 17.5 Å². The minimum absolute atomic E-state index is 0.337. The summed E-state index contributed by atoms with van der Waals surface area (Å²) in [6.07, 6.45) is 5.81. The Labute approximate surface area is 84.2 Å². The Bertz CT molecular complexity index is 199. The molecule has 1 amide bonds. The first-order chi connectivity index (χ1) is 6.33. The molecule has 3 heteroatoms. The minimum Gasteiger partial charge on any atom is -0.338 e. The second-order valence-electron chi connectivity index (χ2n) is 4.08. The summed E-state index contributed by atoms with van der Waals surface area (Å²) in [6.45, 7) is 0.752. The number of hydrogen-bond acceptors (Lipinski definition) is 1. The summed E-state index contributed by atoms with van der Waals surface area (Å²) >= 11 is 5.68. The van der Waals surface area contributed by atoms with Crippen molar-refractivity contribution < 1.29 is 4.79 Å². The number of carbonyl (C=O) groups excluding carboxylic acids is 1. The van der Waals surface area contributed by atoms with Crippen LogP contribution in [0, 0.1) is 5.92 Å². The Kier molecular flexibility index (Phi) is 2.77. The highest BCUT2D eigenvalue weighted by atomic mass is 35.5. The molecule has 2 saturated carbocycles. The van der Waals surface area contributed by atoms with Gasteiger partial charge in [0.25, 0.3) is 0 Å². The lowest BCUT2D eigenvalue weighted by Gasteiger charge is -2.31. The quantitative estimate of drug-likeness (QED) is 0.638. The average Bonchev–Trinajstić information content (AvgIpc) is 2.79. The van der Waals surface area contributed by atoms with Crippen LogP contribution in [0.25, 0.3) is 0 Å². The number of alkyl halides is 1. The van der Waals surface area contributed by atoms with Gasteiger partial charge in [-0.05, 0) is 25.7 Å². The molecule has 0 saturated heterocycles. The molecule has 2 aliphatic carbocycles. The van der Waals surface area contributed by atoms with Crippen LogP contribution in [0.5, 0.6) is 0 Å². The van der Waals surface area contributed by atoms with Gasteiger partial charge in [0, 0.05) is 24.4 Å². The van der Waals surface area contributed by atoms with Crippen LogP contribution in [-0.4, -0.2) is 29.3 Å². The van der Waals surface area contributed by atoms with Gasteiger partial charge in [-0.1, -0.05) is 6.42 Å². The molecule has 0 unspecified atom stereocenters. The molecule has 2 nitrogen and oxygen atoms in total. The molecule has 0 bridgehead atoms. The maximum Gasteiger partial charge on any atom is 0.225 e. The molecule has 0 aromatic carbocycles. The Morgan fingerprint density at radius 1 is 1.31 bits per heavy atom. The van der Waals surface area contributed by atoms with Crippen LogP contribution < -0.4 is 0 Å². The zero-order chi connectivity index (χ0) is 9.26. The van der Waals surface area contributed by atoms with Gasteiger partial charge in [-0.2, -0.15) is 0 Å². The van der Waals surface area contributed by atoms with Crippen molar-refractivity contribution in [1.29, 1.82) is 0 Å². The zero-order valence-electron chi connectivity index (χ0n) is 7.84. The maximum absolute atomic E-state index is 11.9. The molecule has 0 radical (unpaired) electrons. The molecule has 13 heavy (non-hydrogen) atoms. The predicted octanol–water partition coefficient (Wildman–Crippen LogP) is 2.02. The van der Waals surface area contributed by atoms with E-state index in [0.717, 1.165) is 19.4 Å². The average molecular weight is 202 g/mol. The fourth-order valence-corrected chi connectivity index (χ4v) is 2.02. The molecule has 2 rings (SSSR count). The van der Waals surface area contributed by atoms with E-state index in [4.69, 9.17) is 11.6 Å². The van der Waals surface area contributed by atoms with Gasteiger partial charge in [0.05, 0.1) is 0 Å². The molecule has 0 aromatic rings. The summed E-state index contributed by atoms with van der Waals surface area (Å²) in [5, 5.41) is 0. The van der Waals surface area contributed by atoms with Crippen LogP contribution >= 0.6 is 11.6 Å². The molecular formula is C10H16ClNO. The van der Waals surface area contributed by atoms with Gasteiger partial charge in [-0.3, -0.25) is 4.79 Å². The first-order valence-electron chi connectivity index (χ1n) is 5.19. The van der Waals surface area contributed by atoms with Crippen LogP contribution in [0.15, 0.2) is 0 Å². The maximum atomic E-state index is 11.9. The molecule has 0 spiro atoms. The van der Waals surface area contributed by atoms with E-state index in [1.165, 1.54) is 19.3 Å². The molecule has 0 atom stereocenters. The second-order valence-corrected chi connectivity index (χ2v) is 4.46. The molecule has 0 aliphatic heterocycles. The largest absolute Gasteiger partial charge is 0.338 e. The van der Waals surface area contributed by atoms with Gasteiger partial charge in [0.1, 0.15) is 0 Å². The molecule has 0 aromatic heterocycles. The van der Waals surface area contributed by atoms with Crippen molar-refractivity contribution in [1.82, 2.24) is 4.90 Å². The molecule has 0 N–H and O–H groups in total. The summed E-state index contributed by atoms with van der Waals surface area (Å²) in [5.41, 5.74) is 0. The molecule has 2 aliphatic rings. The summed E-state index contributed by atoms with van der Waals surface area (Å²) in [4.78, 5) is 13.9. The number of carbonyl (C=O) groups is 1. The SMILES string of the molecule is O=C(C1CCC1)N(CCCl)C1CC1. The normalized spacial score (nSPS) is 22.5. The van der Waals surface area contributed by atoms with Crippen LogP contribution in [0.4, 0.5) is 0 Å². The number of hydrogen-bond donors (Lipinski definition) is 0. The second kappa shape index (κ2) is 3.87. The first-order valence-corrected chi connectivity index (χ1v) is 5.73. The predicted molar refractivity (Wildman–Crippen MR) is 52.8 cm³/mol. The van der Waals surface area contributed by atoms with Crippen LogP contribution in [0.3, 0.4) is 0 Å². The number of nitrogens with zero attached hydrogens (tertiary/aromatic N) is 1. The van der Waals surface area contributed by atoms with E-state index in [1.54, 1.807) is 0 Å². The lowest BCUT2D eigenvalue weighted by atomic mass is 9.84. The van der Waals surface area contributed by atoms with Crippen molar-refractivity contribution in [3.8, 4) is 0 Å². The van der Waals surface area contributed by atoms with E-state index in [1.807, 2.05) is 4.90 Å².